The molecule has 1 amide bonds. The number of pyridine rings is 1. The number of aromatic nitrogens is 1. The lowest BCUT2D eigenvalue weighted by Crippen LogP contribution is -2.51. The lowest BCUT2D eigenvalue weighted by atomic mass is 10.0. The molecule has 1 heterocycles. The van der Waals surface area contributed by atoms with Crippen LogP contribution >= 0.6 is 0 Å². The van der Waals surface area contributed by atoms with E-state index in [1.807, 2.05) is 0 Å². The highest BCUT2D eigenvalue weighted by molar-refractivity contribution is 6.74. The summed E-state index contributed by atoms with van der Waals surface area (Å²) >= 11 is 0. The second-order valence-corrected chi connectivity index (χ2v) is 15.8. The van der Waals surface area contributed by atoms with Crippen molar-refractivity contribution >= 4 is 20.1 Å². The zero-order chi connectivity index (χ0) is 25.8. The molecule has 0 aliphatic carbocycles. The summed E-state index contributed by atoms with van der Waals surface area (Å²) in [6.07, 6.45) is -0.470. The van der Waals surface area contributed by atoms with Gasteiger partial charge >= 0.3 is 6.09 Å². The Hall–Kier alpha value is -2.31. The highest BCUT2D eigenvalue weighted by Gasteiger charge is 2.44. The van der Waals surface area contributed by atoms with E-state index in [0.717, 1.165) is 0 Å². The van der Waals surface area contributed by atoms with Crippen LogP contribution in [0, 0.1) is 11.8 Å². The molecule has 1 aromatic rings. The Morgan fingerprint density at radius 2 is 1.79 bits per heavy atom. The molecule has 1 aromatic heterocycles. The summed E-state index contributed by atoms with van der Waals surface area (Å²) in [6, 6.07) is 1.56. The van der Waals surface area contributed by atoms with E-state index >= 15 is 4.39 Å². The van der Waals surface area contributed by atoms with Crippen molar-refractivity contribution in [2.45, 2.75) is 97.3 Å². The van der Waals surface area contributed by atoms with Crippen molar-refractivity contribution in [2.75, 3.05) is 18.3 Å². The van der Waals surface area contributed by atoms with E-state index in [9.17, 15) is 4.79 Å². The number of nitrogens with zero attached hydrogens (tertiary/aromatic N) is 1. The van der Waals surface area contributed by atoms with Gasteiger partial charge in [0.05, 0.1) is 12.7 Å². The van der Waals surface area contributed by atoms with E-state index in [1.165, 1.54) is 18.0 Å². The first-order valence-corrected chi connectivity index (χ1v) is 13.9. The Balaban J connectivity index is 3.05. The molecule has 0 aromatic carbocycles. The van der Waals surface area contributed by atoms with Crippen molar-refractivity contribution < 1.29 is 27.8 Å². The second-order valence-electron chi connectivity index (χ2n) is 11.1. The number of nitrogens with one attached hydrogen (secondary N) is 1. The molecule has 0 spiro atoms. The number of amides is 1. The molecular formula is C24H41FN3O4Si+. The summed E-state index contributed by atoms with van der Waals surface area (Å²) in [5.74, 6) is 12.1. The van der Waals surface area contributed by atoms with E-state index < -0.39 is 31.8 Å². The number of hydrogen-bond acceptors (Lipinski definition) is 5. The molecule has 0 aliphatic rings. The second kappa shape index (κ2) is 10.3. The van der Waals surface area contributed by atoms with Gasteiger partial charge in [-0.25, -0.2) is 15.0 Å². The van der Waals surface area contributed by atoms with Crippen molar-refractivity contribution in [2.24, 2.45) is 0 Å². The minimum Gasteiger partial charge on any atom is -0.489 e. The van der Waals surface area contributed by atoms with Gasteiger partial charge in [0.15, 0.2) is 8.32 Å². The summed E-state index contributed by atoms with van der Waals surface area (Å²) in [7, 11) is -0.687. The van der Waals surface area contributed by atoms with Gasteiger partial charge < -0.3 is 13.9 Å². The molecule has 186 valence electrons. The van der Waals surface area contributed by atoms with Gasteiger partial charge in [-0.1, -0.05) is 31.4 Å². The maximum atomic E-state index is 15.1. The zero-order valence-corrected chi connectivity index (χ0v) is 23.0. The fourth-order valence-corrected chi connectivity index (χ4v) is 4.42. The number of rotatable bonds is 6. The number of alkyl halides is 1. The van der Waals surface area contributed by atoms with Crippen LogP contribution in [0.4, 0.5) is 14.9 Å². The standard InChI is InChI=1S/C24H40FN3O4Si/c1-22(2,3)31-21(29)27-18-15-17(28(26)16-19(18)30-9)13-12-14-20(25)24(7,8)32-33(10,11)23(4,5)6/h15-16,20H,14,26H2,1-11H3/p+1. The van der Waals surface area contributed by atoms with Gasteiger partial charge in [-0.3, -0.25) is 5.32 Å². The van der Waals surface area contributed by atoms with Gasteiger partial charge in [-0.05, 0) is 52.8 Å². The monoisotopic (exact) mass is 482 g/mol. The molecule has 9 heteroatoms. The predicted octanol–water partition coefficient (Wildman–Crippen LogP) is 4.92. The van der Waals surface area contributed by atoms with Crippen LogP contribution in [-0.2, 0) is 9.16 Å². The fraction of sp³-hybridized carbons (Fsp3) is 0.667. The molecule has 0 saturated heterocycles. The Morgan fingerprint density at radius 3 is 2.27 bits per heavy atom. The maximum absolute atomic E-state index is 15.1. The van der Waals surface area contributed by atoms with Crippen molar-refractivity contribution in [3.05, 3.63) is 18.0 Å². The van der Waals surface area contributed by atoms with Gasteiger partial charge in [-0.2, -0.15) is 0 Å². The molecule has 0 aliphatic heterocycles. The van der Waals surface area contributed by atoms with E-state index in [1.54, 1.807) is 40.7 Å². The van der Waals surface area contributed by atoms with Crippen LogP contribution in [0.5, 0.6) is 5.75 Å². The molecule has 1 unspecified atom stereocenters. The van der Waals surface area contributed by atoms with Crippen LogP contribution in [0.15, 0.2) is 12.3 Å². The number of nitrogen functional groups attached to an aromatic ring is 1. The number of anilines is 1. The van der Waals surface area contributed by atoms with Crippen molar-refractivity contribution in [1.29, 1.82) is 0 Å². The molecule has 7 nitrogen and oxygen atoms in total. The Morgan fingerprint density at radius 1 is 1.21 bits per heavy atom. The zero-order valence-electron chi connectivity index (χ0n) is 22.0. The quantitative estimate of drug-likeness (QED) is 0.260. The third-order valence-corrected chi connectivity index (χ3v) is 10.2. The number of carbonyl (C=O) groups excluding carboxylic acids is 1. The smallest absolute Gasteiger partial charge is 0.412 e. The third-order valence-electron chi connectivity index (χ3n) is 5.51. The first-order chi connectivity index (χ1) is 14.8. The minimum atomic E-state index is -2.14. The van der Waals surface area contributed by atoms with Gasteiger partial charge in [0.25, 0.3) is 5.69 Å². The van der Waals surface area contributed by atoms with Crippen molar-refractivity contribution in [3.8, 4) is 17.6 Å². The average molecular weight is 483 g/mol. The van der Waals surface area contributed by atoms with E-state index in [4.69, 9.17) is 19.7 Å². The Labute approximate surface area is 199 Å². The number of halogens is 1. The number of nitrogens with two attached hydrogens (primary N) is 1. The van der Waals surface area contributed by atoms with Crippen molar-refractivity contribution in [3.63, 3.8) is 0 Å². The largest absolute Gasteiger partial charge is 0.489 e. The maximum Gasteiger partial charge on any atom is 0.412 e. The molecule has 0 fully saturated rings. The molecular weight excluding hydrogens is 441 g/mol. The number of methoxy groups -OCH3 is 1. The SMILES string of the molecule is COc1c[n+](N)c(C#CCC(F)C(C)(C)O[Si](C)(C)C(C)(C)C)cc1NC(=O)OC(C)(C)C. The highest BCUT2D eigenvalue weighted by Crippen LogP contribution is 2.40. The number of hydrogen-bond donors (Lipinski definition) is 2. The topological polar surface area (TPSA) is 86.7 Å². The van der Waals surface area contributed by atoms with Crippen LogP contribution in [-0.4, -0.2) is 38.9 Å². The molecule has 0 saturated carbocycles. The normalized spacial score (nSPS) is 13.6. The Kier molecular flexibility index (Phi) is 8.97. The lowest BCUT2D eigenvalue weighted by molar-refractivity contribution is -0.641. The summed E-state index contributed by atoms with van der Waals surface area (Å²) in [5, 5.41) is 2.61. The van der Waals surface area contributed by atoms with Gasteiger partial charge in [0.1, 0.15) is 17.5 Å². The van der Waals surface area contributed by atoms with Crippen LogP contribution in [0.25, 0.3) is 0 Å². The minimum absolute atomic E-state index is 0.0253. The molecule has 33 heavy (non-hydrogen) atoms. The third kappa shape index (κ3) is 8.52. The van der Waals surface area contributed by atoms with Gasteiger partial charge in [0.2, 0.25) is 11.9 Å². The molecule has 0 bridgehead atoms. The van der Waals surface area contributed by atoms with E-state index in [-0.39, 0.29) is 11.5 Å². The lowest BCUT2D eigenvalue weighted by Gasteiger charge is -2.43. The molecule has 3 N–H and O–H groups in total. The molecule has 1 atom stereocenters. The van der Waals surface area contributed by atoms with Crippen LogP contribution in [0.3, 0.4) is 0 Å². The van der Waals surface area contributed by atoms with Gasteiger partial charge in [0, 0.05) is 18.4 Å². The summed E-state index contributed by atoms with van der Waals surface area (Å²) < 4.78 is 33.2. The number of carbonyl (C=O) groups is 1. The van der Waals surface area contributed by atoms with E-state index in [0.29, 0.717) is 17.1 Å². The van der Waals surface area contributed by atoms with Crippen LogP contribution in [0.2, 0.25) is 18.1 Å². The number of ether oxygens (including phenoxy) is 2. The summed E-state index contributed by atoms with van der Waals surface area (Å²) in [5.41, 5.74) is -0.911. The fourth-order valence-electron chi connectivity index (χ4n) is 2.67. The molecule has 0 radical (unpaired) electrons. The van der Waals surface area contributed by atoms with Crippen LogP contribution in [0.1, 0.15) is 67.5 Å². The summed E-state index contributed by atoms with van der Waals surface area (Å²) in [4.78, 5) is 12.2. The summed E-state index contributed by atoms with van der Waals surface area (Å²) in [6.45, 7) is 19.4. The first kappa shape index (κ1) is 28.7. The van der Waals surface area contributed by atoms with Gasteiger partial charge in [-0.15, -0.1) is 0 Å². The predicted molar refractivity (Wildman–Crippen MR) is 132 cm³/mol. The Bertz CT molecular complexity index is 909. The van der Waals surface area contributed by atoms with E-state index in [2.05, 4.69) is 51.0 Å². The van der Waals surface area contributed by atoms with Crippen LogP contribution < -0.4 is 20.6 Å². The first-order valence-electron chi connectivity index (χ1n) is 11.0. The average Bonchev–Trinajstić information content (AvgIpc) is 2.60. The highest BCUT2D eigenvalue weighted by atomic mass is 28.4. The molecule has 1 rings (SSSR count). The van der Waals surface area contributed by atoms with Crippen molar-refractivity contribution in [1.82, 2.24) is 0 Å².